The predicted molar refractivity (Wildman–Crippen MR) is 123 cm³/mol. The molecule has 0 aliphatic carbocycles. The van der Waals surface area contributed by atoms with Crippen LogP contribution in [0.1, 0.15) is 29.3 Å². The van der Waals surface area contributed by atoms with Crippen molar-refractivity contribution < 1.29 is 19.1 Å². The van der Waals surface area contributed by atoms with Crippen molar-refractivity contribution in [3.8, 4) is 5.75 Å². The molecule has 3 heterocycles. The SMILES string of the molecule is C=CC(=O)N1C[C@@H]2C[C@H]1CN2C(=O)c1cc(Sc2cnc(NC(C)=O)s2)c(C)cc1OC. The zero-order valence-corrected chi connectivity index (χ0v) is 19.7. The number of hydrogen-bond donors (Lipinski definition) is 1. The second-order valence-corrected chi connectivity index (χ2v) is 10.2. The van der Waals surface area contributed by atoms with Crippen molar-refractivity contribution in [2.24, 2.45) is 0 Å². The number of anilines is 1. The van der Waals surface area contributed by atoms with Crippen LogP contribution in [0.15, 0.2) is 40.1 Å². The van der Waals surface area contributed by atoms with E-state index in [4.69, 9.17) is 4.74 Å². The Bertz CT molecular complexity index is 1100. The lowest BCUT2D eigenvalue weighted by Gasteiger charge is -2.34. The molecule has 1 aromatic carbocycles. The van der Waals surface area contributed by atoms with E-state index in [1.807, 2.05) is 24.0 Å². The third kappa shape index (κ3) is 4.24. The van der Waals surface area contributed by atoms with Crippen molar-refractivity contribution in [1.29, 1.82) is 0 Å². The summed E-state index contributed by atoms with van der Waals surface area (Å²) in [6, 6.07) is 3.76. The van der Waals surface area contributed by atoms with Gasteiger partial charge in [-0.15, -0.1) is 0 Å². The van der Waals surface area contributed by atoms with Gasteiger partial charge in [-0.2, -0.15) is 0 Å². The average molecular weight is 473 g/mol. The number of ether oxygens (including phenoxy) is 1. The van der Waals surface area contributed by atoms with Crippen LogP contribution >= 0.6 is 23.1 Å². The molecule has 4 rings (SSSR count). The van der Waals surface area contributed by atoms with Gasteiger partial charge in [0.15, 0.2) is 5.13 Å². The number of piperazine rings is 1. The van der Waals surface area contributed by atoms with Gasteiger partial charge in [-0.25, -0.2) is 4.98 Å². The number of benzene rings is 1. The third-order valence-corrected chi connectivity index (χ3v) is 7.84. The molecule has 3 amide bonds. The second-order valence-electron chi connectivity index (χ2n) is 7.78. The molecule has 0 spiro atoms. The molecular weight excluding hydrogens is 448 g/mol. The Labute approximate surface area is 194 Å². The summed E-state index contributed by atoms with van der Waals surface area (Å²) in [5.41, 5.74) is 1.48. The van der Waals surface area contributed by atoms with Crippen LogP contribution in [0.5, 0.6) is 5.75 Å². The Kier molecular flexibility index (Phi) is 6.25. The van der Waals surface area contributed by atoms with Crippen LogP contribution in [0.2, 0.25) is 0 Å². The number of carbonyl (C=O) groups excluding carboxylic acids is 3. The minimum absolute atomic E-state index is 0.000205. The monoisotopic (exact) mass is 472 g/mol. The van der Waals surface area contributed by atoms with E-state index in [9.17, 15) is 14.4 Å². The van der Waals surface area contributed by atoms with Gasteiger partial charge in [0, 0.05) is 24.9 Å². The number of fused-ring (bicyclic) bond motifs is 2. The molecule has 2 aliphatic rings. The Morgan fingerprint density at radius 3 is 2.62 bits per heavy atom. The van der Waals surface area contributed by atoms with Crippen molar-refractivity contribution in [2.45, 2.75) is 41.5 Å². The molecule has 2 fully saturated rings. The smallest absolute Gasteiger partial charge is 0.258 e. The lowest BCUT2D eigenvalue weighted by Crippen LogP contribution is -2.50. The number of aromatic nitrogens is 1. The minimum Gasteiger partial charge on any atom is -0.496 e. The van der Waals surface area contributed by atoms with E-state index < -0.39 is 0 Å². The predicted octanol–water partition coefficient (Wildman–Crippen LogP) is 3.18. The molecule has 10 heteroatoms. The van der Waals surface area contributed by atoms with E-state index in [-0.39, 0.29) is 29.8 Å². The van der Waals surface area contributed by atoms with E-state index in [1.54, 1.807) is 18.2 Å². The lowest BCUT2D eigenvalue weighted by molar-refractivity contribution is -0.128. The van der Waals surface area contributed by atoms with Gasteiger partial charge in [0.2, 0.25) is 11.8 Å². The normalized spacial score (nSPS) is 19.2. The largest absolute Gasteiger partial charge is 0.496 e. The molecular formula is C22H24N4O4S2. The molecule has 2 aromatic rings. The Hall–Kier alpha value is -2.85. The summed E-state index contributed by atoms with van der Waals surface area (Å²) in [7, 11) is 1.56. The van der Waals surface area contributed by atoms with Crippen LogP contribution in [0.3, 0.4) is 0 Å². The van der Waals surface area contributed by atoms with Crippen LogP contribution in [0, 0.1) is 6.92 Å². The van der Waals surface area contributed by atoms with Crippen molar-refractivity contribution in [1.82, 2.24) is 14.8 Å². The number of nitrogens with one attached hydrogen (secondary N) is 1. The summed E-state index contributed by atoms with van der Waals surface area (Å²) >= 11 is 2.87. The van der Waals surface area contributed by atoms with Gasteiger partial charge in [0.1, 0.15) is 5.75 Å². The Balaban J connectivity index is 1.56. The first-order valence-corrected chi connectivity index (χ1v) is 11.8. The van der Waals surface area contributed by atoms with Gasteiger partial charge in [-0.05, 0) is 37.1 Å². The molecule has 168 valence electrons. The third-order valence-electron chi connectivity index (χ3n) is 5.66. The molecule has 2 atom stereocenters. The topological polar surface area (TPSA) is 91.8 Å². The number of nitrogens with zero attached hydrogens (tertiary/aromatic N) is 3. The highest BCUT2D eigenvalue weighted by molar-refractivity contribution is 8.01. The molecule has 8 nitrogen and oxygen atoms in total. The standard InChI is InChI=1S/C22H24N4O4S2/c1-5-19(28)25-10-15-7-14(25)11-26(15)21(29)16-8-18(12(2)6-17(16)30-4)31-20-9-23-22(32-20)24-13(3)27/h5-6,8-9,14-15H,1,7,10-11H2,2-4H3,(H,23,24,27)/t14-,15-/m0/s1. The zero-order chi connectivity index (χ0) is 23.0. The van der Waals surface area contributed by atoms with E-state index in [0.717, 1.165) is 21.1 Å². The summed E-state index contributed by atoms with van der Waals surface area (Å²) in [6.45, 7) is 8.01. The van der Waals surface area contributed by atoms with Gasteiger partial charge in [0.25, 0.3) is 5.91 Å². The van der Waals surface area contributed by atoms with E-state index in [0.29, 0.717) is 29.5 Å². The average Bonchev–Trinajstić information content (AvgIpc) is 3.49. The summed E-state index contributed by atoms with van der Waals surface area (Å²) in [4.78, 5) is 45.5. The number of amides is 3. The minimum atomic E-state index is -0.169. The first kappa shape index (κ1) is 22.3. The Morgan fingerprint density at radius 1 is 1.28 bits per heavy atom. The van der Waals surface area contributed by atoms with Crippen LogP contribution in [-0.4, -0.2) is 64.8 Å². The lowest BCUT2D eigenvalue weighted by atomic mass is 10.1. The van der Waals surface area contributed by atoms with Crippen LogP contribution in [0.25, 0.3) is 0 Å². The van der Waals surface area contributed by atoms with Crippen LogP contribution < -0.4 is 10.1 Å². The fraction of sp³-hybridized carbons (Fsp3) is 0.364. The summed E-state index contributed by atoms with van der Waals surface area (Å²) in [5, 5.41) is 3.22. The molecule has 0 unspecified atom stereocenters. The molecule has 2 bridgehead atoms. The summed E-state index contributed by atoms with van der Waals surface area (Å²) in [6.07, 6.45) is 3.82. The highest BCUT2D eigenvalue weighted by atomic mass is 32.2. The van der Waals surface area contributed by atoms with E-state index in [1.165, 1.54) is 36.1 Å². The molecule has 0 saturated carbocycles. The van der Waals surface area contributed by atoms with Gasteiger partial charge < -0.3 is 19.9 Å². The first-order valence-electron chi connectivity index (χ1n) is 10.1. The van der Waals surface area contributed by atoms with Gasteiger partial charge in [0.05, 0.1) is 35.2 Å². The zero-order valence-electron chi connectivity index (χ0n) is 18.1. The molecule has 1 N–H and O–H groups in total. The number of hydrogen-bond acceptors (Lipinski definition) is 7. The maximum atomic E-state index is 13.5. The van der Waals surface area contributed by atoms with E-state index in [2.05, 4.69) is 16.9 Å². The number of likely N-dealkylation sites (tertiary alicyclic amines) is 2. The molecule has 1 aromatic heterocycles. The van der Waals surface area contributed by atoms with E-state index >= 15 is 0 Å². The number of aryl methyl sites for hydroxylation is 1. The Morgan fingerprint density at radius 2 is 2.00 bits per heavy atom. The van der Waals surface area contributed by atoms with Gasteiger partial charge >= 0.3 is 0 Å². The van der Waals surface area contributed by atoms with Crippen molar-refractivity contribution >= 4 is 46.0 Å². The quantitative estimate of drug-likeness (QED) is 0.650. The van der Waals surface area contributed by atoms with Gasteiger partial charge in [-0.3, -0.25) is 14.4 Å². The number of carbonyl (C=O) groups is 3. The highest BCUT2D eigenvalue weighted by Gasteiger charge is 2.47. The highest BCUT2D eigenvalue weighted by Crippen LogP contribution is 2.39. The molecule has 2 aliphatic heterocycles. The first-order chi connectivity index (χ1) is 15.3. The van der Waals surface area contributed by atoms with Crippen LogP contribution in [0.4, 0.5) is 5.13 Å². The maximum absolute atomic E-state index is 13.5. The summed E-state index contributed by atoms with van der Waals surface area (Å²) in [5.74, 6) is 0.184. The summed E-state index contributed by atoms with van der Waals surface area (Å²) < 4.78 is 6.43. The fourth-order valence-electron chi connectivity index (χ4n) is 4.19. The van der Waals surface area contributed by atoms with Gasteiger partial charge in [-0.1, -0.05) is 29.7 Å². The fourth-order valence-corrected chi connectivity index (χ4v) is 6.18. The number of methoxy groups -OCH3 is 1. The number of thiazole rings is 1. The van der Waals surface area contributed by atoms with Crippen LogP contribution in [-0.2, 0) is 9.59 Å². The van der Waals surface area contributed by atoms with Crippen molar-refractivity contribution in [3.05, 3.63) is 42.1 Å². The maximum Gasteiger partial charge on any atom is 0.258 e. The molecule has 2 saturated heterocycles. The van der Waals surface area contributed by atoms with Crippen molar-refractivity contribution in [2.75, 3.05) is 25.5 Å². The molecule has 0 radical (unpaired) electrons. The number of rotatable bonds is 6. The van der Waals surface area contributed by atoms with Crippen molar-refractivity contribution in [3.63, 3.8) is 0 Å². The molecule has 32 heavy (non-hydrogen) atoms. The second kappa shape index (κ2) is 8.95.